The highest BCUT2D eigenvalue weighted by molar-refractivity contribution is 9.10. The predicted molar refractivity (Wildman–Crippen MR) is 72.8 cm³/mol. The highest BCUT2D eigenvalue weighted by Gasteiger charge is 2.24. The topological polar surface area (TPSA) is 44.1 Å². The first-order valence-electron chi connectivity index (χ1n) is 6.11. The molecule has 1 aliphatic heterocycles. The first-order valence-corrected chi connectivity index (χ1v) is 6.90. The maximum atomic E-state index is 11.7. The quantitative estimate of drug-likeness (QED) is 0.862. The molecule has 1 atom stereocenters. The molecule has 0 aromatic heterocycles. The largest absolute Gasteiger partial charge is 0.341 e. The molecule has 1 amide bonds. The van der Waals surface area contributed by atoms with E-state index in [4.69, 9.17) is 5.26 Å². The van der Waals surface area contributed by atoms with Crippen LogP contribution in [0.15, 0.2) is 28.7 Å². The number of carbonyl (C=O) groups is 1. The molecular formula is C14H15BrN2O. The van der Waals surface area contributed by atoms with Crippen LogP contribution in [-0.2, 0) is 11.2 Å². The van der Waals surface area contributed by atoms with Crippen molar-refractivity contribution in [2.24, 2.45) is 5.92 Å². The van der Waals surface area contributed by atoms with Gasteiger partial charge in [0.2, 0.25) is 5.91 Å². The second kappa shape index (κ2) is 6.01. The molecule has 0 saturated carbocycles. The van der Waals surface area contributed by atoms with Crippen LogP contribution < -0.4 is 0 Å². The number of nitrogens with zero attached hydrogens (tertiary/aromatic N) is 2. The zero-order chi connectivity index (χ0) is 13.0. The van der Waals surface area contributed by atoms with Crippen LogP contribution >= 0.6 is 15.9 Å². The molecule has 1 aliphatic rings. The van der Waals surface area contributed by atoms with E-state index in [1.54, 1.807) is 0 Å². The molecule has 1 unspecified atom stereocenters. The van der Waals surface area contributed by atoms with Crippen LogP contribution in [0.4, 0.5) is 0 Å². The summed E-state index contributed by atoms with van der Waals surface area (Å²) in [7, 11) is 0. The maximum absolute atomic E-state index is 11.7. The van der Waals surface area contributed by atoms with E-state index in [-0.39, 0.29) is 11.8 Å². The summed E-state index contributed by atoms with van der Waals surface area (Å²) in [5.74, 6) is 0.186. The van der Waals surface area contributed by atoms with Crippen molar-refractivity contribution in [3.63, 3.8) is 0 Å². The van der Waals surface area contributed by atoms with E-state index in [1.165, 1.54) is 5.56 Å². The van der Waals surface area contributed by atoms with E-state index in [9.17, 15) is 4.79 Å². The Hall–Kier alpha value is -1.34. The van der Waals surface area contributed by atoms with Gasteiger partial charge in [0, 0.05) is 24.0 Å². The molecular weight excluding hydrogens is 292 g/mol. The summed E-state index contributed by atoms with van der Waals surface area (Å²) < 4.78 is 1.06. The second-order valence-electron chi connectivity index (χ2n) is 4.58. The average Bonchev–Trinajstić information content (AvgIpc) is 2.40. The number of hydrogen-bond acceptors (Lipinski definition) is 2. The van der Waals surface area contributed by atoms with Gasteiger partial charge in [-0.05, 0) is 30.5 Å². The number of rotatable bonds is 3. The second-order valence-corrected chi connectivity index (χ2v) is 5.50. The number of likely N-dealkylation sites (tertiary alicyclic amines) is 1. The summed E-state index contributed by atoms with van der Waals surface area (Å²) in [5.41, 5.74) is 1.21. The summed E-state index contributed by atoms with van der Waals surface area (Å²) in [6.45, 7) is 1.30. The monoisotopic (exact) mass is 306 g/mol. The maximum Gasteiger partial charge on any atom is 0.222 e. The number of amides is 1. The fourth-order valence-corrected chi connectivity index (χ4v) is 2.42. The molecule has 4 heteroatoms. The lowest BCUT2D eigenvalue weighted by atomic mass is 9.98. The molecule has 0 radical (unpaired) electrons. The van der Waals surface area contributed by atoms with Crippen molar-refractivity contribution in [2.45, 2.75) is 19.3 Å². The Bertz CT molecular complexity index is 464. The minimum absolute atomic E-state index is 0.00705. The van der Waals surface area contributed by atoms with E-state index in [0.29, 0.717) is 25.9 Å². The first kappa shape index (κ1) is 13.1. The van der Waals surface area contributed by atoms with E-state index in [2.05, 4.69) is 34.1 Å². The normalized spacial score (nSPS) is 19.7. The third-order valence-electron chi connectivity index (χ3n) is 3.27. The summed E-state index contributed by atoms with van der Waals surface area (Å²) in [6, 6.07) is 10.4. The Kier molecular flexibility index (Phi) is 4.38. The molecule has 1 saturated heterocycles. The molecule has 1 heterocycles. The zero-order valence-electron chi connectivity index (χ0n) is 10.1. The number of carbonyl (C=O) groups excluding carboxylic acids is 1. The molecule has 1 aromatic carbocycles. The number of piperidine rings is 1. The van der Waals surface area contributed by atoms with Gasteiger partial charge < -0.3 is 4.90 Å². The van der Waals surface area contributed by atoms with E-state index < -0.39 is 0 Å². The summed E-state index contributed by atoms with van der Waals surface area (Å²) in [5, 5.41) is 8.92. The lowest BCUT2D eigenvalue weighted by Gasteiger charge is -2.29. The molecule has 0 aliphatic carbocycles. The van der Waals surface area contributed by atoms with Crippen LogP contribution in [0.1, 0.15) is 18.4 Å². The van der Waals surface area contributed by atoms with Gasteiger partial charge in [0.15, 0.2) is 0 Å². The van der Waals surface area contributed by atoms with Crippen LogP contribution in [-0.4, -0.2) is 23.9 Å². The Morgan fingerprint density at radius 2 is 2.11 bits per heavy atom. The molecule has 0 bridgehead atoms. The molecule has 0 spiro atoms. The Morgan fingerprint density at radius 3 is 2.78 bits per heavy atom. The first-order chi connectivity index (χ1) is 8.69. The van der Waals surface area contributed by atoms with Crippen molar-refractivity contribution in [2.75, 3.05) is 13.1 Å². The molecule has 18 heavy (non-hydrogen) atoms. The average molecular weight is 307 g/mol. The van der Waals surface area contributed by atoms with E-state index in [1.807, 2.05) is 17.0 Å². The van der Waals surface area contributed by atoms with Crippen molar-refractivity contribution in [1.82, 2.24) is 4.90 Å². The highest BCUT2D eigenvalue weighted by Crippen LogP contribution is 2.17. The minimum Gasteiger partial charge on any atom is -0.341 e. The van der Waals surface area contributed by atoms with E-state index in [0.717, 1.165) is 10.9 Å². The van der Waals surface area contributed by atoms with Gasteiger partial charge in [-0.15, -0.1) is 0 Å². The van der Waals surface area contributed by atoms with Crippen molar-refractivity contribution >= 4 is 21.8 Å². The Labute approximate surface area is 116 Å². The van der Waals surface area contributed by atoms with Crippen LogP contribution in [0, 0.1) is 17.2 Å². The van der Waals surface area contributed by atoms with Gasteiger partial charge >= 0.3 is 0 Å². The third kappa shape index (κ3) is 3.33. The van der Waals surface area contributed by atoms with E-state index >= 15 is 0 Å². The number of benzene rings is 1. The van der Waals surface area contributed by atoms with Gasteiger partial charge in [-0.3, -0.25) is 4.79 Å². The molecule has 2 rings (SSSR count). The highest BCUT2D eigenvalue weighted by atomic mass is 79.9. The lowest BCUT2D eigenvalue weighted by Crippen LogP contribution is -2.40. The van der Waals surface area contributed by atoms with Crippen LogP contribution in [0.3, 0.4) is 0 Å². The van der Waals surface area contributed by atoms with Gasteiger partial charge in [-0.2, -0.15) is 5.26 Å². The van der Waals surface area contributed by atoms with Crippen LogP contribution in [0.2, 0.25) is 0 Å². The van der Waals surface area contributed by atoms with Gasteiger partial charge in [0.05, 0.1) is 12.0 Å². The van der Waals surface area contributed by atoms with Crippen LogP contribution in [0.25, 0.3) is 0 Å². The van der Waals surface area contributed by atoms with Crippen molar-refractivity contribution < 1.29 is 4.79 Å². The zero-order valence-corrected chi connectivity index (χ0v) is 11.7. The molecule has 1 aromatic rings. The van der Waals surface area contributed by atoms with Gasteiger partial charge in [0.25, 0.3) is 0 Å². The predicted octanol–water partition coefficient (Wildman–Crippen LogP) is 2.75. The van der Waals surface area contributed by atoms with Gasteiger partial charge in [-0.1, -0.05) is 28.1 Å². The minimum atomic E-state index is 0.00705. The molecule has 3 nitrogen and oxygen atoms in total. The molecule has 0 N–H and O–H groups in total. The lowest BCUT2D eigenvalue weighted by molar-refractivity contribution is -0.134. The number of hydrogen-bond donors (Lipinski definition) is 0. The number of nitriles is 1. The van der Waals surface area contributed by atoms with Crippen molar-refractivity contribution in [3.8, 4) is 6.07 Å². The van der Waals surface area contributed by atoms with Gasteiger partial charge in [-0.25, -0.2) is 0 Å². The summed E-state index contributed by atoms with van der Waals surface area (Å²) >= 11 is 3.40. The SMILES string of the molecule is N#CC1CCC(=O)N(CCc2ccc(Br)cc2)C1. The van der Waals surface area contributed by atoms with Gasteiger partial charge in [0.1, 0.15) is 0 Å². The Morgan fingerprint density at radius 1 is 1.39 bits per heavy atom. The van der Waals surface area contributed by atoms with Crippen LogP contribution in [0.5, 0.6) is 0 Å². The fourth-order valence-electron chi connectivity index (χ4n) is 2.15. The smallest absolute Gasteiger partial charge is 0.222 e. The molecule has 94 valence electrons. The van der Waals surface area contributed by atoms with Crippen molar-refractivity contribution in [3.05, 3.63) is 34.3 Å². The summed E-state index contributed by atoms with van der Waals surface area (Å²) in [4.78, 5) is 13.6. The third-order valence-corrected chi connectivity index (χ3v) is 3.80. The van der Waals surface area contributed by atoms with Crippen molar-refractivity contribution in [1.29, 1.82) is 5.26 Å². The number of halogens is 1. The fraction of sp³-hybridized carbons (Fsp3) is 0.429. The standard InChI is InChI=1S/C14H15BrN2O/c15-13-4-1-11(2-5-13)7-8-17-10-12(9-16)3-6-14(17)18/h1-2,4-5,12H,3,6-8,10H2. The molecule has 1 fully saturated rings. The summed E-state index contributed by atoms with van der Waals surface area (Å²) in [6.07, 6.45) is 2.07. The Balaban J connectivity index is 1.90.